The molecule has 26 heavy (non-hydrogen) atoms. The topological polar surface area (TPSA) is 32.3 Å². The number of halogens is 2. The number of rotatable bonds is 7. The van der Waals surface area contributed by atoms with E-state index in [-0.39, 0.29) is 18.1 Å². The molecule has 5 heteroatoms. The van der Waals surface area contributed by atoms with E-state index in [1.807, 2.05) is 0 Å². The van der Waals surface area contributed by atoms with E-state index in [4.69, 9.17) is 0 Å². The van der Waals surface area contributed by atoms with E-state index in [2.05, 4.69) is 48.3 Å². The molecular weight excluding hydrogens is 334 g/mol. The number of amides is 1. The van der Waals surface area contributed by atoms with Crippen molar-refractivity contribution >= 4 is 11.6 Å². The highest BCUT2D eigenvalue weighted by Crippen LogP contribution is 2.28. The Morgan fingerprint density at radius 3 is 2.42 bits per heavy atom. The summed E-state index contributed by atoms with van der Waals surface area (Å²) in [6.45, 7) is 5.19. The smallest absolute Gasteiger partial charge is 0.238 e. The van der Waals surface area contributed by atoms with Gasteiger partial charge in [0.05, 0.1) is 12.2 Å². The molecule has 1 aliphatic carbocycles. The maximum Gasteiger partial charge on any atom is 0.238 e. The lowest BCUT2D eigenvalue weighted by atomic mass is 10.0. The highest BCUT2D eigenvalue weighted by atomic mass is 19.1. The van der Waals surface area contributed by atoms with Crippen LogP contribution < -0.4 is 5.32 Å². The van der Waals surface area contributed by atoms with Gasteiger partial charge < -0.3 is 5.32 Å². The second-order valence-electron chi connectivity index (χ2n) is 7.20. The number of carbonyl (C=O) groups excluding carboxylic acids is 1. The molecular formula is C21H24F2N2O. The van der Waals surface area contributed by atoms with E-state index in [0.29, 0.717) is 18.5 Å². The molecule has 1 aliphatic rings. The summed E-state index contributed by atoms with van der Waals surface area (Å²) in [7, 11) is 0. The van der Waals surface area contributed by atoms with Gasteiger partial charge in [-0.1, -0.05) is 38.1 Å². The van der Waals surface area contributed by atoms with Crippen molar-refractivity contribution in [1.82, 2.24) is 4.90 Å². The largest absolute Gasteiger partial charge is 0.322 e. The molecule has 0 atom stereocenters. The number of carbonyl (C=O) groups is 1. The highest BCUT2D eigenvalue weighted by Gasteiger charge is 2.30. The van der Waals surface area contributed by atoms with Crippen molar-refractivity contribution in [2.75, 3.05) is 11.9 Å². The minimum atomic E-state index is -0.763. The van der Waals surface area contributed by atoms with E-state index < -0.39 is 11.6 Å². The van der Waals surface area contributed by atoms with Crippen molar-refractivity contribution in [2.24, 2.45) is 0 Å². The van der Waals surface area contributed by atoms with Crippen LogP contribution >= 0.6 is 0 Å². The second kappa shape index (κ2) is 7.96. The van der Waals surface area contributed by atoms with Crippen LogP contribution in [0.1, 0.15) is 43.7 Å². The first-order valence-corrected chi connectivity index (χ1v) is 9.00. The van der Waals surface area contributed by atoms with Gasteiger partial charge in [-0.2, -0.15) is 0 Å². The van der Waals surface area contributed by atoms with Gasteiger partial charge in [-0.25, -0.2) is 8.78 Å². The van der Waals surface area contributed by atoms with Crippen LogP contribution in [-0.4, -0.2) is 23.4 Å². The summed E-state index contributed by atoms with van der Waals surface area (Å²) in [5.74, 6) is -1.23. The Bertz CT molecular complexity index is 770. The van der Waals surface area contributed by atoms with Gasteiger partial charge in [-0.05, 0) is 42.0 Å². The summed E-state index contributed by atoms with van der Waals surface area (Å²) in [6.07, 6.45) is 2.14. The summed E-state index contributed by atoms with van der Waals surface area (Å²) in [4.78, 5) is 14.4. The third-order valence-electron chi connectivity index (χ3n) is 4.65. The maximum atomic E-state index is 13.7. The molecule has 0 radical (unpaired) electrons. The Kier molecular flexibility index (Phi) is 5.67. The Morgan fingerprint density at radius 1 is 1.15 bits per heavy atom. The predicted octanol–water partition coefficient (Wildman–Crippen LogP) is 4.69. The maximum absolute atomic E-state index is 13.7. The van der Waals surface area contributed by atoms with Gasteiger partial charge in [-0.3, -0.25) is 9.69 Å². The molecule has 1 fully saturated rings. The van der Waals surface area contributed by atoms with Crippen LogP contribution in [-0.2, 0) is 11.3 Å². The van der Waals surface area contributed by atoms with Gasteiger partial charge in [0.25, 0.3) is 0 Å². The summed E-state index contributed by atoms with van der Waals surface area (Å²) in [5.41, 5.74) is 2.45. The van der Waals surface area contributed by atoms with Crippen molar-refractivity contribution < 1.29 is 13.6 Å². The van der Waals surface area contributed by atoms with Gasteiger partial charge in [0.1, 0.15) is 11.6 Å². The Hall–Kier alpha value is -2.27. The standard InChI is InChI=1S/C21H24F2N2O/c1-14(2)16-5-3-15(4-6-16)12-25(18-8-9-18)13-21(26)24-20-10-7-17(22)11-19(20)23/h3-7,10-11,14,18H,8-9,12-13H2,1-2H3,(H,24,26). The van der Waals surface area contributed by atoms with Gasteiger partial charge in [-0.15, -0.1) is 0 Å². The SMILES string of the molecule is CC(C)c1ccc(CN(CC(=O)Nc2ccc(F)cc2F)C2CC2)cc1. The molecule has 0 unspecified atom stereocenters. The molecule has 0 aliphatic heterocycles. The van der Waals surface area contributed by atoms with E-state index in [9.17, 15) is 13.6 Å². The van der Waals surface area contributed by atoms with E-state index in [0.717, 1.165) is 30.5 Å². The zero-order chi connectivity index (χ0) is 18.7. The van der Waals surface area contributed by atoms with Crippen molar-refractivity contribution in [1.29, 1.82) is 0 Å². The number of hydrogen-bond acceptors (Lipinski definition) is 2. The van der Waals surface area contributed by atoms with Crippen molar-refractivity contribution in [3.05, 3.63) is 65.2 Å². The zero-order valence-corrected chi connectivity index (χ0v) is 15.1. The lowest BCUT2D eigenvalue weighted by molar-refractivity contribution is -0.117. The Labute approximate surface area is 153 Å². The Morgan fingerprint density at radius 2 is 1.85 bits per heavy atom. The highest BCUT2D eigenvalue weighted by molar-refractivity contribution is 5.92. The fraction of sp³-hybridized carbons (Fsp3) is 0.381. The average Bonchev–Trinajstić information content (AvgIpc) is 3.42. The van der Waals surface area contributed by atoms with Crippen molar-refractivity contribution in [2.45, 2.75) is 45.2 Å². The minimum Gasteiger partial charge on any atom is -0.322 e. The number of nitrogens with one attached hydrogen (secondary N) is 1. The third-order valence-corrected chi connectivity index (χ3v) is 4.65. The first kappa shape index (κ1) is 18.5. The zero-order valence-electron chi connectivity index (χ0n) is 15.1. The second-order valence-corrected chi connectivity index (χ2v) is 7.20. The van der Waals surface area contributed by atoms with Crippen molar-refractivity contribution in [3.8, 4) is 0 Å². The van der Waals surface area contributed by atoms with E-state index in [1.54, 1.807) is 0 Å². The van der Waals surface area contributed by atoms with Crippen LogP contribution in [0.2, 0.25) is 0 Å². The molecule has 2 aromatic carbocycles. The van der Waals surface area contributed by atoms with Crippen LogP contribution in [0, 0.1) is 11.6 Å². The monoisotopic (exact) mass is 358 g/mol. The Balaban J connectivity index is 1.62. The lowest BCUT2D eigenvalue weighted by Gasteiger charge is -2.22. The fourth-order valence-electron chi connectivity index (χ4n) is 2.96. The quantitative estimate of drug-likeness (QED) is 0.779. The van der Waals surface area contributed by atoms with Crippen LogP contribution in [0.4, 0.5) is 14.5 Å². The summed E-state index contributed by atoms with van der Waals surface area (Å²) >= 11 is 0. The van der Waals surface area contributed by atoms with Gasteiger partial charge in [0.15, 0.2) is 0 Å². The van der Waals surface area contributed by atoms with Gasteiger partial charge in [0.2, 0.25) is 5.91 Å². The summed E-state index contributed by atoms with van der Waals surface area (Å²) in [5, 5.41) is 2.54. The molecule has 3 rings (SSSR count). The molecule has 1 amide bonds. The molecule has 138 valence electrons. The lowest BCUT2D eigenvalue weighted by Crippen LogP contribution is -2.34. The molecule has 2 aromatic rings. The fourth-order valence-corrected chi connectivity index (χ4v) is 2.96. The van der Waals surface area contributed by atoms with Gasteiger partial charge in [0, 0.05) is 18.7 Å². The number of nitrogens with zero attached hydrogens (tertiary/aromatic N) is 1. The van der Waals surface area contributed by atoms with Crippen LogP contribution in [0.15, 0.2) is 42.5 Å². The number of benzene rings is 2. The molecule has 0 spiro atoms. The molecule has 0 bridgehead atoms. The van der Waals surface area contributed by atoms with E-state index >= 15 is 0 Å². The van der Waals surface area contributed by atoms with Crippen LogP contribution in [0.25, 0.3) is 0 Å². The van der Waals surface area contributed by atoms with Crippen LogP contribution in [0.3, 0.4) is 0 Å². The minimum absolute atomic E-state index is 0.00781. The molecule has 3 nitrogen and oxygen atoms in total. The van der Waals surface area contributed by atoms with Crippen LogP contribution in [0.5, 0.6) is 0 Å². The van der Waals surface area contributed by atoms with E-state index in [1.165, 1.54) is 11.6 Å². The number of anilines is 1. The normalized spacial score (nSPS) is 14.1. The third kappa shape index (κ3) is 4.88. The molecule has 1 N–H and O–H groups in total. The first-order valence-electron chi connectivity index (χ1n) is 9.00. The number of hydrogen-bond donors (Lipinski definition) is 1. The van der Waals surface area contributed by atoms with Gasteiger partial charge >= 0.3 is 0 Å². The molecule has 0 aromatic heterocycles. The van der Waals surface area contributed by atoms with Crippen molar-refractivity contribution in [3.63, 3.8) is 0 Å². The summed E-state index contributed by atoms with van der Waals surface area (Å²) in [6, 6.07) is 12.0. The average molecular weight is 358 g/mol. The molecule has 0 heterocycles. The molecule has 1 saturated carbocycles. The molecule has 0 saturated heterocycles. The first-order chi connectivity index (χ1) is 12.4. The predicted molar refractivity (Wildman–Crippen MR) is 99.0 cm³/mol. The summed E-state index contributed by atoms with van der Waals surface area (Å²) < 4.78 is 26.7.